The molecule has 0 aliphatic carbocycles. The second-order valence-corrected chi connectivity index (χ2v) is 8.44. The highest BCUT2D eigenvalue weighted by molar-refractivity contribution is 8.13. The molecule has 1 saturated heterocycles. The molecule has 0 saturated carbocycles. The van der Waals surface area contributed by atoms with Crippen LogP contribution in [-0.4, -0.2) is 47.5 Å². The average molecular weight is 298 g/mol. The summed E-state index contributed by atoms with van der Waals surface area (Å²) in [6.45, 7) is 12.9. The van der Waals surface area contributed by atoms with E-state index in [4.69, 9.17) is 4.99 Å². The van der Waals surface area contributed by atoms with Crippen molar-refractivity contribution in [2.24, 2.45) is 10.4 Å². The Hall–Kier alpha value is -0.220. The highest BCUT2D eigenvalue weighted by Crippen LogP contribution is 2.30. The molecule has 1 fully saturated rings. The van der Waals surface area contributed by atoms with Crippen molar-refractivity contribution in [2.75, 3.05) is 25.4 Å². The molecule has 0 aromatic rings. The van der Waals surface area contributed by atoms with Gasteiger partial charge in [0.15, 0.2) is 5.17 Å². The van der Waals surface area contributed by atoms with Gasteiger partial charge in [-0.25, -0.2) is 0 Å². The first-order valence-corrected chi connectivity index (χ1v) is 9.13. The summed E-state index contributed by atoms with van der Waals surface area (Å²) in [6, 6.07) is 0.964. The van der Waals surface area contributed by atoms with Crippen LogP contribution in [-0.2, 0) is 0 Å². The molecule has 2 aliphatic heterocycles. The summed E-state index contributed by atoms with van der Waals surface area (Å²) < 4.78 is 0. The first-order valence-electron chi connectivity index (χ1n) is 8.14. The lowest BCUT2D eigenvalue weighted by molar-refractivity contribution is 0.215. The zero-order chi connectivity index (χ0) is 14.6. The summed E-state index contributed by atoms with van der Waals surface area (Å²) in [5, 5.41) is 4.81. The van der Waals surface area contributed by atoms with Gasteiger partial charge in [0.2, 0.25) is 0 Å². The van der Waals surface area contributed by atoms with Crippen LogP contribution in [0.3, 0.4) is 0 Å². The zero-order valence-corrected chi connectivity index (χ0v) is 14.4. The summed E-state index contributed by atoms with van der Waals surface area (Å²) in [6.07, 6.45) is 5.36. The van der Waals surface area contributed by atoms with Crippen LogP contribution in [0.25, 0.3) is 0 Å². The molecule has 3 nitrogen and oxygen atoms in total. The Morgan fingerprint density at radius 3 is 2.65 bits per heavy atom. The van der Waals surface area contributed by atoms with Gasteiger partial charge in [-0.3, -0.25) is 4.99 Å². The van der Waals surface area contributed by atoms with Gasteiger partial charge in [-0.1, -0.05) is 39.0 Å². The summed E-state index contributed by atoms with van der Waals surface area (Å²) in [5.41, 5.74) is 0.282. The van der Waals surface area contributed by atoms with Crippen molar-refractivity contribution in [1.82, 2.24) is 10.2 Å². The van der Waals surface area contributed by atoms with Gasteiger partial charge in [-0.05, 0) is 44.7 Å². The number of hydrogen-bond acceptors (Lipinski definition) is 4. The molecule has 0 aromatic carbocycles. The van der Waals surface area contributed by atoms with Crippen LogP contribution in [0, 0.1) is 5.41 Å². The Labute approximate surface area is 129 Å². The van der Waals surface area contributed by atoms with Crippen molar-refractivity contribution in [3.8, 4) is 0 Å². The molecule has 0 spiro atoms. The lowest BCUT2D eigenvalue weighted by Gasteiger charge is -2.33. The Balaban J connectivity index is 1.83. The third kappa shape index (κ3) is 4.96. The molecule has 4 heteroatoms. The summed E-state index contributed by atoms with van der Waals surface area (Å²) in [5.74, 6) is 1.20. The standard InChI is InChI=1S/C16H31N3S/c1-13(12-19-9-6-5-7-10-19)17-15-18-14(8-11-20-15)16(2,3)4/h13-14H,5-12H2,1-4H3,(H,17,18). The van der Waals surface area contributed by atoms with Gasteiger partial charge < -0.3 is 10.2 Å². The summed E-state index contributed by atoms with van der Waals surface area (Å²) >= 11 is 1.89. The van der Waals surface area contributed by atoms with Crippen LogP contribution >= 0.6 is 11.8 Å². The lowest BCUT2D eigenvalue weighted by Crippen LogP contribution is -2.44. The fraction of sp³-hybridized carbons (Fsp3) is 0.938. The summed E-state index contributed by atoms with van der Waals surface area (Å²) in [4.78, 5) is 7.53. The highest BCUT2D eigenvalue weighted by Gasteiger charge is 2.27. The minimum absolute atomic E-state index is 0.282. The Kier molecular flexibility index (Phi) is 5.79. The molecular formula is C16H31N3S. The van der Waals surface area contributed by atoms with Gasteiger partial charge in [0, 0.05) is 18.3 Å². The van der Waals surface area contributed by atoms with Crippen molar-refractivity contribution in [3.05, 3.63) is 0 Å². The molecule has 0 aromatic heterocycles. The van der Waals surface area contributed by atoms with Crippen LogP contribution in [0.4, 0.5) is 0 Å². The molecule has 2 rings (SSSR count). The van der Waals surface area contributed by atoms with Crippen molar-refractivity contribution in [3.63, 3.8) is 0 Å². The van der Waals surface area contributed by atoms with Crippen LogP contribution in [0.1, 0.15) is 53.4 Å². The minimum Gasteiger partial charge on any atom is -0.361 e. The molecule has 2 atom stereocenters. The van der Waals surface area contributed by atoms with Crippen LogP contribution in [0.2, 0.25) is 0 Å². The SMILES string of the molecule is CC(CN1CCCCC1)NC1=NC(C(C)(C)C)CCS1. The predicted molar refractivity (Wildman–Crippen MR) is 90.6 cm³/mol. The van der Waals surface area contributed by atoms with E-state index in [0.717, 1.165) is 6.54 Å². The van der Waals surface area contributed by atoms with Gasteiger partial charge in [0.1, 0.15) is 0 Å². The van der Waals surface area contributed by atoms with Crippen LogP contribution < -0.4 is 5.32 Å². The van der Waals surface area contributed by atoms with E-state index >= 15 is 0 Å². The largest absolute Gasteiger partial charge is 0.361 e. The molecule has 20 heavy (non-hydrogen) atoms. The van der Waals surface area contributed by atoms with E-state index in [2.05, 4.69) is 37.9 Å². The number of amidine groups is 1. The Morgan fingerprint density at radius 1 is 1.30 bits per heavy atom. The predicted octanol–water partition coefficient (Wildman–Crippen LogP) is 3.36. The number of rotatable bonds is 3. The Morgan fingerprint density at radius 2 is 2.00 bits per heavy atom. The smallest absolute Gasteiger partial charge is 0.157 e. The number of thioether (sulfide) groups is 1. The molecule has 2 aliphatic rings. The number of aliphatic imine (C=N–C) groups is 1. The maximum atomic E-state index is 4.94. The van der Waals surface area contributed by atoms with Gasteiger partial charge in [0.25, 0.3) is 0 Å². The topological polar surface area (TPSA) is 27.6 Å². The van der Waals surface area contributed by atoms with E-state index in [9.17, 15) is 0 Å². The zero-order valence-electron chi connectivity index (χ0n) is 13.6. The van der Waals surface area contributed by atoms with Gasteiger partial charge in [-0.15, -0.1) is 0 Å². The summed E-state index contributed by atoms with van der Waals surface area (Å²) in [7, 11) is 0. The van der Waals surface area contributed by atoms with Crippen molar-refractivity contribution < 1.29 is 0 Å². The molecule has 2 heterocycles. The van der Waals surface area contributed by atoms with E-state index in [-0.39, 0.29) is 5.41 Å². The van der Waals surface area contributed by atoms with Gasteiger partial charge in [-0.2, -0.15) is 0 Å². The first-order chi connectivity index (χ1) is 9.45. The molecule has 116 valence electrons. The van der Waals surface area contributed by atoms with E-state index in [1.165, 1.54) is 49.7 Å². The van der Waals surface area contributed by atoms with E-state index in [0.29, 0.717) is 12.1 Å². The maximum Gasteiger partial charge on any atom is 0.157 e. The van der Waals surface area contributed by atoms with Gasteiger partial charge >= 0.3 is 0 Å². The number of hydrogen-bond donors (Lipinski definition) is 1. The quantitative estimate of drug-likeness (QED) is 0.865. The fourth-order valence-electron chi connectivity index (χ4n) is 3.00. The lowest BCUT2D eigenvalue weighted by atomic mass is 9.85. The average Bonchev–Trinajstić information content (AvgIpc) is 2.39. The minimum atomic E-state index is 0.282. The second kappa shape index (κ2) is 7.17. The maximum absolute atomic E-state index is 4.94. The molecule has 0 radical (unpaired) electrons. The number of likely N-dealkylation sites (tertiary alicyclic amines) is 1. The van der Waals surface area contributed by atoms with Crippen molar-refractivity contribution >= 4 is 16.9 Å². The van der Waals surface area contributed by atoms with Crippen LogP contribution in [0.15, 0.2) is 4.99 Å². The molecule has 1 N–H and O–H groups in total. The third-order valence-corrected chi connectivity index (χ3v) is 5.19. The van der Waals surface area contributed by atoms with Crippen LogP contribution in [0.5, 0.6) is 0 Å². The normalized spacial score (nSPS) is 27.0. The molecular weight excluding hydrogens is 266 g/mol. The number of nitrogens with one attached hydrogen (secondary N) is 1. The van der Waals surface area contributed by atoms with E-state index in [1.54, 1.807) is 0 Å². The van der Waals surface area contributed by atoms with Crippen molar-refractivity contribution in [2.45, 2.75) is 65.5 Å². The monoisotopic (exact) mass is 297 g/mol. The third-order valence-electron chi connectivity index (χ3n) is 4.25. The van der Waals surface area contributed by atoms with Gasteiger partial charge in [0.05, 0.1) is 6.04 Å². The second-order valence-electron chi connectivity index (χ2n) is 7.36. The van der Waals surface area contributed by atoms with Crippen molar-refractivity contribution in [1.29, 1.82) is 0 Å². The van der Waals surface area contributed by atoms with E-state index in [1.807, 2.05) is 11.8 Å². The Bertz CT molecular complexity index is 329. The fourth-order valence-corrected chi connectivity index (χ4v) is 4.02. The molecule has 2 unspecified atom stereocenters. The first kappa shape index (κ1) is 16.2. The molecule has 0 bridgehead atoms. The number of nitrogens with zero attached hydrogens (tertiary/aromatic N) is 2. The highest BCUT2D eigenvalue weighted by atomic mass is 32.2. The number of piperidine rings is 1. The van der Waals surface area contributed by atoms with E-state index < -0.39 is 0 Å². The molecule has 0 amide bonds.